The second kappa shape index (κ2) is 6.51. The zero-order chi connectivity index (χ0) is 18.1. The molecule has 1 aliphatic heterocycles. The number of rotatable bonds is 5. The Morgan fingerprint density at radius 3 is 2.96 bits per heavy atom. The van der Waals surface area contributed by atoms with E-state index in [9.17, 15) is 9.59 Å². The number of nitrogens with one attached hydrogen (secondary N) is 1. The number of urea groups is 1. The molecule has 0 radical (unpaired) electrons. The number of carbonyl (C=O) groups excluding carboxylic acids is 2. The van der Waals surface area contributed by atoms with Gasteiger partial charge in [0.2, 0.25) is 0 Å². The Morgan fingerprint density at radius 2 is 2.12 bits per heavy atom. The van der Waals surface area contributed by atoms with Gasteiger partial charge in [-0.15, -0.1) is 5.10 Å². The summed E-state index contributed by atoms with van der Waals surface area (Å²) in [5, 5.41) is 14.6. The molecule has 26 heavy (non-hydrogen) atoms. The number of hydrogen-bond acceptors (Lipinski definition) is 5. The lowest BCUT2D eigenvalue weighted by atomic mass is 9.76. The van der Waals surface area contributed by atoms with Crippen LogP contribution in [0.1, 0.15) is 49.6 Å². The van der Waals surface area contributed by atoms with Crippen molar-refractivity contribution >= 4 is 11.9 Å². The van der Waals surface area contributed by atoms with Gasteiger partial charge in [0.25, 0.3) is 5.91 Å². The number of imide groups is 1. The van der Waals surface area contributed by atoms with E-state index in [1.807, 2.05) is 24.3 Å². The van der Waals surface area contributed by atoms with Gasteiger partial charge in [0.1, 0.15) is 5.54 Å². The summed E-state index contributed by atoms with van der Waals surface area (Å²) in [4.78, 5) is 27.2. The molecule has 1 atom stereocenters. The molecule has 8 heteroatoms. The minimum Gasteiger partial charge on any atom is -0.319 e. The normalized spacial score (nSPS) is 22.0. The Kier molecular flexibility index (Phi) is 4.18. The number of hydrogen-bond donors (Lipinski definition) is 1. The fourth-order valence-corrected chi connectivity index (χ4v) is 3.91. The van der Waals surface area contributed by atoms with Gasteiger partial charge in [-0.1, -0.05) is 37.6 Å². The van der Waals surface area contributed by atoms with Gasteiger partial charge in [-0.2, -0.15) is 0 Å². The quantitative estimate of drug-likeness (QED) is 0.826. The zero-order valence-electron chi connectivity index (χ0n) is 14.8. The fourth-order valence-electron chi connectivity index (χ4n) is 3.91. The molecule has 3 amide bonds. The average molecular weight is 354 g/mol. The first-order valence-corrected chi connectivity index (χ1v) is 9.13. The smallest absolute Gasteiger partial charge is 0.319 e. The summed E-state index contributed by atoms with van der Waals surface area (Å²) >= 11 is 0. The van der Waals surface area contributed by atoms with E-state index in [2.05, 4.69) is 27.8 Å². The summed E-state index contributed by atoms with van der Waals surface area (Å²) in [6, 6.07) is 7.49. The number of aryl methyl sites for hydroxylation is 2. The van der Waals surface area contributed by atoms with E-state index in [0.717, 1.165) is 36.8 Å². The van der Waals surface area contributed by atoms with Crippen LogP contribution in [0.3, 0.4) is 0 Å². The number of carbonyl (C=O) groups is 2. The Hall–Kier alpha value is -2.77. The van der Waals surface area contributed by atoms with Crippen molar-refractivity contribution in [1.82, 2.24) is 30.4 Å². The number of fused-ring (bicyclic) bond motifs is 2. The van der Waals surface area contributed by atoms with E-state index < -0.39 is 5.54 Å². The Morgan fingerprint density at radius 1 is 1.27 bits per heavy atom. The standard InChI is InChI=1S/C18H22N6O2/c1-2-3-11-24-15(20-21-22-24)12-23-16(25)18(19-17(23)26)10-6-8-13-7-4-5-9-14(13)18/h4-5,7,9H,2-3,6,8,10-12H2,1H3,(H,19,26). The van der Waals surface area contributed by atoms with Crippen molar-refractivity contribution in [2.75, 3.05) is 0 Å². The highest BCUT2D eigenvalue weighted by Gasteiger charge is 2.54. The molecule has 1 aromatic carbocycles. The van der Waals surface area contributed by atoms with Crippen LogP contribution in [0.2, 0.25) is 0 Å². The maximum atomic E-state index is 13.3. The van der Waals surface area contributed by atoms with Crippen LogP contribution in [0.4, 0.5) is 4.79 Å². The van der Waals surface area contributed by atoms with Gasteiger partial charge >= 0.3 is 6.03 Å². The molecule has 136 valence electrons. The minimum absolute atomic E-state index is 0.0886. The predicted molar refractivity (Wildman–Crippen MR) is 92.9 cm³/mol. The van der Waals surface area contributed by atoms with Gasteiger partial charge in [0, 0.05) is 6.54 Å². The maximum Gasteiger partial charge on any atom is 0.325 e. The molecule has 1 saturated heterocycles. The molecule has 1 aromatic heterocycles. The van der Waals surface area contributed by atoms with E-state index in [1.54, 1.807) is 4.68 Å². The van der Waals surface area contributed by atoms with Crippen molar-refractivity contribution in [2.24, 2.45) is 0 Å². The highest BCUT2D eigenvalue weighted by atomic mass is 16.2. The van der Waals surface area contributed by atoms with Crippen molar-refractivity contribution < 1.29 is 9.59 Å². The van der Waals surface area contributed by atoms with Crippen LogP contribution in [0.5, 0.6) is 0 Å². The topological polar surface area (TPSA) is 93.0 Å². The molecule has 1 aliphatic carbocycles. The third-order valence-corrected chi connectivity index (χ3v) is 5.28. The molecular formula is C18H22N6O2. The van der Waals surface area contributed by atoms with Gasteiger partial charge in [0.15, 0.2) is 5.82 Å². The Balaban J connectivity index is 1.62. The molecule has 1 unspecified atom stereocenters. The van der Waals surface area contributed by atoms with E-state index >= 15 is 0 Å². The van der Waals surface area contributed by atoms with Crippen LogP contribution in [-0.4, -0.2) is 37.0 Å². The van der Waals surface area contributed by atoms with Gasteiger partial charge in [-0.25, -0.2) is 9.48 Å². The van der Waals surface area contributed by atoms with Crippen molar-refractivity contribution in [3.05, 3.63) is 41.2 Å². The third kappa shape index (κ3) is 2.56. The molecular weight excluding hydrogens is 332 g/mol. The second-order valence-corrected chi connectivity index (χ2v) is 6.91. The van der Waals surface area contributed by atoms with Crippen LogP contribution < -0.4 is 5.32 Å². The molecule has 1 spiro atoms. The molecule has 2 aliphatic rings. The number of amides is 3. The number of tetrazole rings is 1. The van der Waals surface area contributed by atoms with E-state index in [0.29, 0.717) is 18.8 Å². The first-order chi connectivity index (χ1) is 12.7. The van der Waals surface area contributed by atoms with Gasteiger partial charge in [-0.3, -0.25) is 9.69 Å². The van der Waals surface area contributed by atoms with Crippen molar-refractivity contribution in [3.8, 4) is 0 Å². The molecule has 1 N–H and O–H groups in total. The average Bonchev–Trinajstić information content (AvgIpc) is 3.19. The lowest BCUT2D eigenvalue weighted by Crippen LogP contribution is -2.46. The molecule has 0 bridgehead atoms. The molecule has 4 rings (SSSR count). The van der Waals surface area contributed by atoms with Crippen LogP contribution in [0.15, 0.2) is 24.3 Å². The lowest BCUT2D eigenvalue weighted by Gasteiger charge is -2.33. The first-order valence-electron chi connectivity index (χ1n) is 9.13. The lowest BCUT2D eigenvalue weighted by molar-refractivity contribution is -0.132. The Labute approximate surface area is 151 Å². The number of nitrogens with zero attached hydrogens (tertiary/aromatic N) is 5. The SMILES string of the molecule is CCCCn1nnnc1CN1C(=O)NC2(CCCc3ccccc32)C1=O. The third-order valence-electron chi connectivity index (χ3n) is 5.28. The zero-order valence-corrected chi connectivity index (χ0v) is 14.8. The summed E-state index contributed by atoms with van der Waals surface area (Å²) in [5.74, 6) is 0.322. The van der Waals surface area contributed by atoms with E-state index in [4.69, 9.17) is 0 Å². The van der Waals surface area contributed by atoms with Crippen LogP contribution in [0.25, 0.3) is 0 Å². The second-order valence-electron chi connectivity index (χ2n) is 6.91. The highest BCUT2D eigenvalue weighted by Crippen LogP contribution is 2.40. The first kappa shape index (κ1) is 16.7. The van der Waals surface area contributed by atoms with Crippen molar-refractivity contribution in [3.63, 3.8) is 0 Å². The summed E-state index contributed by atoms with van der Waals surface area (Å²) < 4.78 is 1.67. The van der Waals surface area contributed by atoms with Crippen molar-refractivity contribution in [1.29, 1.82) is 0 Å². The molecule has 8 nitrogen and oxygen atoms in total. The number of aromatic nitrogens is 4. The molecule has 2 heterocycles. The van der Waals surface area contributed by atoms with E-state index in [1.165, 1.54) is 4.90 Å². The van der Waals surface area contributed by atoms with E-state index in [-0.39, 0.29) is 18.5 Å². The maximum absolute atomic E-state index is 13.3. The molecule has 0 saturated carbocycles. The summed E-state index contributed by atoms with van der Waals surface area (Å²) in [5.41, 5.74) is 1.09. The van der Waals surface area contributed by atoms with Gasteiger partial charge < -0.3 is 5.32 Å². The largest absolute Gasteiger partial charge is 0.325 e. The number of benzene rings is 1. The van der Waals surface area contributed by atoms with Gasteiger partial charge in [0.05, 0.1) is 6.54 Å². The molecule has 2 aromatic rings. The minimum atomic E-state index is -0.951. The fraction of sp³-hybridized carbons (Fsp3) is 0.500. The highest BCUT2D eigenvalue weighted by molar-refractivity contribution is 6.07. The van der Waals surface area contributed by atoms with Crippen LogP contribution >= 0.6 is 0 Å². The summed E-state index contributed by atoms with van der Waals surface area (Å²) in [6.45, 7) is 2.85. The van der Waals surface area contributed by atoms with Gasteiger partial charge in [-0.05, 0) is 47.2 Å². The van der Waals surface area contributed by atoms with Crippen LogP contribution in [0, 0.1) is 0 Å². The van der Waals surface area contributed by atoms with Crippen LogP contribution in [-0.2, 0) is 29.8 Å². The summed E-state index contributed by atoms with van der Waals surface area (Å²) in [6.07, 6.45) is 4.37. The Bertz CT molecular complexity index is 848. The number of unbranched alkanes of at least 4 members (excludes halogenated alkanes) is 1. The molecule has 1 fully saturated rings. The predicted octanol–water partition coefficient (Wildman–Crippen LogP) is 1.76. The van der Waals surface area contributed by atoms with Crippen molar-refractivity contribution in [2.45, 2.75) is 57.7 Å². The monoisotopic (exact) mass is 354 g/mol. The summed E-state index contributed by atoms with van der Waals surface area (Å²) in [7, 11) is 0.